The summed E-state index contributed by atoms with van der Waals surface area (Å²) in [7, 11) is 0. The minimum absolute atomic E-state index is 0.886. The van der Waals surface area contributed by atoms with Crippen molar-refractivity contribution in [3.63, 3.8) is 0 Å². The molecule has 0 bridgehead atoms. The van der Waals surface area contributed by atoms with Gasteiger partial charge in [-0.15, -0.1) is 0 Å². The Labute approximate surface area is 246 Å². The summed E-state index contributed by atoms with van der Waals surface area (Å²) in [6, 6.07) is 42.0. The zero-order valence-corrected chi connectivity index (χ0v) is 23.0. The summed E-state index contributed by atoms with van der Waals surface area (Å²) in [4.78, 5) is 19.8. The first-order valence-electron chi connectivity index (χ1n) is 14.3. The number of para-hydroxylation sites is 1. The topological polar surface area (TPSA) is 56.0 Å². The lowest BCUT2D eigenvalue weighted by Crippen LogP contribution is -1.94. The third-order valence-electron chi connectivity index (χ3n) is 8.30. The van der Waals surface area contributed by atoms with Crippen LogP contribution in [0.5, 0.6) is 0 Å². The van der Waals surface area contributed by atoms with E-state index in [0.29, 0.717) is 0 Å². The Hall–Kier alpha value is -5.94. The van der Waals surface area contributed by atoms with Crippen molar-refractivity contribution in [1.29, 1.82) is 0 Å². The third kappa shape index (κ3) is 3.65. The zero-order valence-electron chi connectivity index (χ0n) is 23.0. The van der Waals surface area contributed by atoms with Crippen molar-refractivity contribution in [2.45, 2.75) is 0 Å². The Kier molecular flexibility index (Phi) is 5.13. The molecule has 200 valence electrons. The van der Waals surface area contributed by atoms with Crippen LogP contribution in [0.2, 0.25) is 0 Å². The second-order valence-electron chi connectivity index (χ2n) is 10.7. The summed E-state index contributed by atoms with van der Waals surface area (Å²) in [6.07, 6.45) is 5.78. The van der Waals surface area contributed by atoms with E-state index in [1.807, 2.05) is 42.7 Å². The molecule has 4 aromatic carbocycles. The summed E-state index contributed by atoms with van der Waals surface area (Å²) >= 11 is 0. The monoisotopic (exact) mass is 549 g/mol. The molecule has 9 aromatic rings. The molecule has 43 heavy (non-hydrogen) atoms. The van der Waals surface area contributed by atoms with Gasteiger partial charge in [-0.2, -0.15) is 0 Å². The summed E-state index contributed by atoms with van der Waals surface area (Å²) < 4.78 is 2.14. The molecule has 0 spiro atoms. The fraction of sp³-hybridized carbons (Fsp3) is 0. The van der Waals surface area contributed by atoms with Gasteiger partial charge in [-0.05, 0) is 41.3 Å². The van der Waals surface area contributed by atoms with Gasteiger partial charge < -0.3 is 0 Å². The fourth-order valence-corrected chi connectivity index (χ4v) is 6.33. The minimum atomic E-state index is 0.886. The molecule has 9 rings (SSSR count). The quantitative estimate of drug-likeness (QED) is 0.163. The van der Waals surface area contributed by atoms with Crippen LogP contribution in [0.25, 0.3) is 82.9 Å². The first kappa shape index (κ1) is 23.7. The number of rotatable bonds is 3. The highest BCUT2D eigenvalue weighted by Crippen LogP contribution is 2.39. The van der Waals surface area contributed by atoms with Gasteiger partial charge in [0.2, 0.25) is 0 Å². The van der Waals surface area contributed by atoms with Crippen LogP contribution in [-0.2, 0) is 0 Å². The van der Waals surface area contributed by atoms with Crippen molar-refractivity contribution >= 4 is 49.1 Å². The SMILES string of the molecule is c1ccc2c(-c3c(-c4ccc(-c5c6ccccc6nc6c5ccc5cccnc56)cc4)nc4ccccn34)nccc2c1. The number of imidazole rings is 1. The lowest BCUT2D eigenvalue weighted by molar-refractivity contribution is 1.17. The van der Waals surface area contributed by atoms with Crippen LogP contribution < -0.4 is 0 Å². The Morgan fingerprint density at radius 2 is 1.26 bits per heavy atom. The normalized spacial score (nSPS) is 11.7. The number of fused-ring (bicyclic) bond motifs is 6. The highest BCUT2D eigenvalue weighted by atomic mass is 15.0. The summed E-state index contributed by atoms with van der Waals surface area (Å²) in [5.74, 6) is 0. The average molecular weight is 550 g/mol. The summed E-state index contributed by atoms with van der Waals surface area (Å²) in [5.41, 5.74) is 9.80. The molecule has 0 atom stereocenters. The highest BCUT2D eigenvalue weighted by molar-refractivity contribution is 6.16. The predicted molar refractivity (Wildman–Crippen MR) is 175 cm³/mol. The van der Waals surface area contributed by atoms with E-state index >= 15 is 0 Å². The maximum atomic E-state index is 5.11. The number of aromatic nitrogens is 5. The van der Waals surface area contributed by atoms with E-state index in [2.05, 4.69) is 102 Å². The number of hydrogen-bond acceptors (Lipinski definition) is 4. The molecule has 0 fully saturated rings. The first-order valence-corrected chi connectivity index (χ1v) is 14.3. The van der Waals surface area contributed by atoms with Crippen LogP contribution in [0.3, 0.4) is 0 Å². The Balaban J connectivity index is 1.27. The van der Waals surface area contributed by atoms with E-state index in [9.17, 15) is 0 Å². The largest absolute Gasteiger partial charge is 0.298 e. The van der Waals surface area contributed by atoms with Crippen LogP contribution in [0.15, 0.2) is 140 Å². The molecule has 5 nitrogen and oxygen atoms in total. The van der Waals surface area contributed by atoms with E-state index in [1.54, 1.807) is 0 Å². The van der Waals surface area contributed by atoms with Crippen LogP contribution >= 0.6 is 0 Å². The third-order valence-corrected chi connectivity index (χ3v) is 8.30. The van der Waals surface area contributed by atoms with Crippen molar-refractivity contribution in [3.8, 4) is 33.8 Å². The van der Waals surface area contributed by atoms with Gasteiger partial charge >= 0.3 is 0 Å². The van der Waals surface area contributed by atoms with Gasteiger partial charge in [0.25, 0.3) is 0 Å². The van der Waals surface area contributed by atoms with Gasteiger partial charge in [-0.25, -0.2) is 9.97 Å². The molecule has 5 aromatic heterocycles. The standard InChI is InChI=1S/C38H23N5/c1-2-10-28-24(8-1)20-22-40-37(28)38-35(42-32-13-5-6-23-43(32)38)27-16-14-25(15-17-27)33-29-11-3-4-12-31(29)41-36-30(33)19-18-26-9-7-21-39-34(26)36/h1-23H. The Morgan fingerprint density at radius 3 is 2.19 bits per heavy atom. The average Bonchev–Trinajstić information content (AvgIpc) is 3.46. The zero-order chi connectivity index (χ0) is 28.3. The molecular weight excluding hydrogens is 526 g/mol. The minimum Gasteiger partial charge on any atom is -0.298 e. The van der Waals surface area contributed by atoms with Crippen molar-refractivity contribution < 1.29 is 0 Å². The Bertz CT molecular complexity index is 2510. The van der Waals surface area contributed by atoms with E-state index in [4.69, 9.17) is 19.9 Å². The molecule has 5 heterocycles. The van der Waals surface area contributed by atoms with Crippen LogP contribution in [0.4, 0.5) is 0 Å². The van der Waals surface area contributed by atoms with E-state index in [0.717, 1.165) is 82.9 Å². The fourth-order valence-electron chi connectivity index (χ4n) is 6.33. The van der Waals surface area contributed by atoms with E-state index in [1.165, 1.54) is 0 Å². The van der Waals surface area contributed by atoms with E-state index in [-0.39, 0.29) is 0 Å². The molecule has 0 radical (unpaired) electrons. The van der Waals surface area contributed by atoms with Gasteiger partial charge in [-0.1, -0.05) is 91.0 Å². The maximum absolute atomic E-state index is 5.11. The smallest absolute Gasteiger partial charge is 0.137 e. The molecular formula is C38H23N5. The lowest BCUT2D eigenvalue weighted by Gasteiger charge is -2.13. The van der Waals surface area contributed by atoms with Crippen LogP contribution in [0, 0.1) is 0 Å². The number of nitrogens with zero attached hydrogens (tertiary/aromatic N) is 5. The summed E-state index contributed by atoms with van der Waals surface area (Å²) in [6.45, 7) is 0. The second-order valence-corrected chi connectivity index (χ2v) is 10.7. The number of benzene rings is 4. The van der Waals surface area contributed by atoms with Crippen molar-refractivity contribution in [1.82, 2.24) is 24.3 Å². The van der Waals surface area contributed by atoms with Crippen LogP contribution in [0.1, 0.15) is 0 Å². The predicted octanol–water partition coefficient (Wildman–Crippen LogP) is 9.13. The second kappa shape index (κ2) is 9.29. The maximum Gasteiger partial charge on any atom is 0.137 e. The number of pyridine rings is 4. The van der Waals surface area contributed by atoms with Crippen LogP contribution in [-0.4, -0.2) is 24.3 Å². The molecule has 0 saturated carbocycles. The molecule has 0 aliphatic rings. The summed E-state index contributed by atoms with van der Waals surface area (Å²) in [5, 5.41) is 5.54. The van der Waals surface area contributed by atoms with Gasteiger partial charge in [-0.3, -0.25) is 14.4 Å². The van der Waals surface area contributed by atoms with Crippen molar-refractivity contribution in [2.24, 2.45) is 0 Å². The van der Waals surface area contributed by atoms with Crippen molar-refractivity contribution in [3.05, 3.63) is 140 Å². The van der Waals surface area contributed by atoms with Gasteiger partial charge in [0.15, 0.2) is 0 Å². The first-order chi connectivity index (χ1) is 21.3. The van der Waals surface area contributed by atoms with E-state index < -0.39 is 0 Å². The molecule has 0 saturated heterocycles. The van der Waals surface area contributed by atoms with Gasteiger partial charge in [0.05, 0.1) is 33.6 Å². The molecule has 0 aliphatic carbocycles. The molecule has 0 amide bonds. The van der Waals surface area contributed by atoms with Gasteiger partial charge in [0.1, 0.15) is 5.65 Å². The van der Waals surface area contributed by atoms with Gasteiger partial charge in [0, 0.05) is 51.3 Å². The molecule has 0 aliphatic heterocycles. The molecule has 5 heteroatoms. The van der Waals surface area contributed by atoms with Crippen molar-refractivity contribution in [2.75, 3.05) is 0 Å². The molecule has 0 unspecified atom stereocenters. The molecule has 0 N–H and O–H groups in total. The Morgan fingerprint density at radius 1 is 0.465 bits per heavy atom. The lowest BCUT2D eigenvalue weighted by atomic mass is 9.94. The highest BCUT2D eigenvalue weighted by Gasteiger charge is 2.20. The number of hydrogen-bond donors (Lipinski definition) is 0.